The number of hydrogen-bond acceptors (Lipinski definition) is 8. The van der Waals surface area contributed by atoms with E-state index in [2.05, 4.69) is 116 Å². The van der Waals surface area contributed by atoms with Gasteiger partial charge in [-0.25, -0.2) is 0 Å². The highest BCUT2D eigenvalue weighted by atomic mass is 16.7. The number of unbranched alkanes of at least 4 members (excludes halogenated alkanes) is 17. The molecule has 1 saturated heterocycles. The third-order valence-electron chi connectivity index (χ3n) is 11.8. The molecule has 382 valence electrons. The van der Waals surface area contributed by atoms with Crippen LogP contribution in [0.2, 0.25) is 0 Å². The summed E-state index contributed by atoms with van der Waals surface area (Å²) in [6, 6.07) is -0.850. The van der Waals surface area contributed by atoms with Crippen LogP contribution in [0.1, 0.15) is 194 Å². The van der Waals surface area contributed by atoms with Gasteiger partial charge in [0.1, 0.15) is 24.4 Å². The molecule has 7 unspecified atom stereocenters. The van der Waals surface area contributed by atoms with E-state index < -0.39 is 49.5 Å². The minimum Gasteiger partial charge on any atom is -0.394 e. The van der Waals surface area contributed by atoms with Crippen molar-refractivity contribution in [3.8, 4) is 0 Å². The van der Waals surface area contributed by atoms with Crippen molar-refractivity contribution in [3.05, 3.63) is 109 Å². The van der Waals surface area contributed by atoms with Crippen molar-refractivity contribution < 1.29 is 39.8 Å². The van der Waals surface area contributed by atoms with E-state index in [-0.39, 0.29) is 12.5 Å². The van der Waals surface area contributed by atoms with Crippen molar-refractivity contribution >= 4 is 5.91 Å². The van der Waals surface area contributed by atoms with Gasteiger partial charge in [0, 0.05) is 6.42 Å². The monoisotopic (exact) mass is 936 g/mol. The number of carbonyl (C=O) groups is 1. The highest BCUT2D eigenvalue weighted by Gasteiger charge is 2.44. The van der Waals surface area contributed by atoms with Crippen molar-refractivity contribution in [2.45, 2.75) is 236 Å². The molecular weight excluding hydrogens is 839 g/mol. The molecule has 0 radical (unpaired) electrons. The van der Waals surface area contributed by atoms with Crippen LogP contribution in [0.15, 0.2) is 109 Å². The Morgan fingerprint density at radius 2 is 0.940 bits per heavy atom. The van der Waals surface area contributed by atoms with Crippen molar-refractivity contribution in [3.63, 3.8) is 0 Å². The molecule has 0 saturated carbocycles. The summed E-state index contributed by atoms with van der Waals surface area (Å²) in [7, 11) is 0. The second-order valence-electron chi connectivity index (χ2n) is 17.9. The van der Waals surface area contributed by atoms with Crippen LogP contribution in [0.25, 0.3) is 0 Å². The fraction of sp³-hybridized carbons (Fsp3) is 0.672. The molecule has 9 heteroatoms. The zero-order valence-electron chi connectivity index (χ0n) is 42.1. The zero-order valence-corrected chi connectivity index (χ0v) is 42.1. The van der Waals surface area contributed by atoms with Gasteiger partial charge in [0.2, 0.25) is 5.91 Å². The molecule has 0 spiro atoms. The quantitative estimate of drug-likeness (QED) is 0.0261. The number of rotatable bonds is 43. The Labute approximate surface area is 408 Å². The maximum absolute atomic E-state index is 13.0. The predicted molar refractivity (Wildman–Crippen MR) is 281 cm³/mol. The molecule has 0 aromatic heterocycles. The molecule has 0 bridgehead atoms. The van der Waals surface area contributed by atoms with Crippen molar-refractivity contribution in [2.75, 3.05) is 13.2 Å². The van der Waals surface area contributed by atoms with Crippen LogP contribution in [0.5, 0.6) is 0 Å². The Bertz CT molecular complexity index is 1410. The fourth-order valence-corrected chi connectivity index (χ4v) is 7.60. The first kappa shape index (κ1) is 61.9. The van der Waals surface area contributed by atoms with Crippen molar-refractivity contribution in [1.29, 1.82) is 0 Å². The van der Waals surface area contributed by atoms with E-state index in [0.717, 1.165) is 96.3 Å². The van der Waals surface area contributed by atoms with Gasteiger partial charge in [0.25, 0.3) is 0 Å². The van der Waals surface area contributed by atoms with E-state index in [1.54, 1.807) is 6.08 Å². The van der Waals surface area contributed by atoms with E-state index in [0.29, 0.717) is 12.8 Å². The van der Waals surface area contributed by atoms with Gasteiger partial charge in [-0.05, 0) is 96.3 Å². The summed E-state index contributed by atoms with van der Waals surface area (Å²) in [5, 5.41) is 54.4. The summed E-state index contributed by atoms with van der Waals surface area (Å²) in [6.07, 6.45) is 61.4. The molecule has 1 aliphatic heterocycles. The maximum atomic E-state index is 13.0. The van der Waals surface area contributed by atoms with Gasteiger partial charge in [-0.1, -0.05) is 200 Å². The van der Waals surface area contributed by atoms with Crippen molar-refractivity contribution in [2.24, 2.45) is 0 Å². The van der Waals surface area contributed by atoms with Crippen LogP contribution in [-0.2, 0) is 14.3 Å². The Kier molecular flexibility index (Phi) is 43.0. The standard InChI is InChI=1S/C58H97NO8/c1-3-5-7-9-11-13-15-17-19-21-23-25-26-28-30-32-34-36-38-40-42-44-46-48-54(62)59-51(50-66-58-57(65)56(64)55(63)53(49-60)67-58)52(61)47-45-43-41-39-37-35-33-31-29-27-24-22-20-18-16-14-12-10-8-6-4-2/h5,7,11,13,17,19,23,25,28-31,34,36-37,39,45,47,51-53,55-58,60-61,63-65H,3-4,6,8-10,12,14-16,18,20-22,24,26-27,32-33,35,38,40-44,46,48-50H2,1-2H3,(H,59,62)/b7-5-,13-11-,19-17-,25-23-,30-28-,31-29+,36-34-,39-37+,47-45+. The lowest BCUT2D eigenvalue weighted by atomic mass is 9.99. The molecule has 1 heterocycles. The molecule has 1 aliphatic rings. The second-order valence-corrected chi connectivity index (χ2v) is 17.9. The Morgan fingerprint density at radius 3 is 1.43 bits per heavy atom. The second kappa shape index (κ2) is 46.6. The number of nitrogens with one attached hydrogen (secondary N) is 1. The Hall–Kier alpha value is -3.15. The van der Waals surface area contributed by atoms with E-state index in [1.165, 1.54) is 70.6 Å². The lowest BCUT2D eigenvalue weighted by Crippen LogP contribution is -2.60. The molecule has 1 fully saturated rings. The summed E-state index contributed by atoms with van der Waals surface area (Å²) < 4.78 is 11.2. The smallest absolute Gasteiger partial charge is 0.220 e. The fourth-order valence-electron chi connectivity index (χ4n) is 7.60. The first-order valence-corrected chi connectivity index (χ1v) is 26.6. The highest BCUT2D eigenvalue weighted by Crippen LogP contribution is 2.22. The average molecular weight is 936 g/mol. The lowest BCUT2D eigenvalue weighted by Gasteiger charge is -2.40. The van der Waals surface area contributed by atoms with Crippen LogP contribution in [-0.4, -0.2) is 87.5 Å². The minimum atomic E-state index is -1.59. The van der Waals surface area contributed by atoms with Gasteiger partial charge >= 0.3 is 0 Å². The number of carbonyl (C=O) groups excluding carboxylic acids is 1. The number of ether oxygens (including phenoxy) is 2. The van der Waals surface area contributed by atoms with Gasteiger partial charge in [-0.2, -0.15) is 0 Å². The molecule has 9 nitrogen and oxygen atoms in total. The van der Waals surface area contributed by atoms with Crippen LogP contribution in [0.3, 0.4) is 0 Å². The van der Waals surface area contributed by atoms with E-state index in [1.807, 2.05) is 6.08 Å². The molecule has 7 atom stereocenters. The summed E-state index contributed by atoms with van der Waals surface area (Å²) in [6.45, 7) is 3.62. The summed E-state index contributed by atoms with van der Waals surface area (Å²) in [5.41, 5.74) is 0. The molecule has 0 aliphatic carbocycles. The molecule has 0 aromatic rings. The normalized spacial score (nSPS) is 20.6. The first-order valence-electron chi connectivity index (χ1n) is 26.6. The molecule has 0 aromatic carbocycles. The summed E-state index contributed by atoms with van der Waals surface area (Å²) in [4.78, 5) is 13.0. The number of allylic oxidation sites excluding steroid dienone is 17. The van der Waals surface area contributed by atoms with Crippen LogP contribution in [0.4, 0.5) is 0 Å². The van der Waals surface area contributed by atoms with E-state index in [9.17, 15) is 30.3 Å². The SMILES string of the molecule is CC/C=C\C/C=C\C/C=C\C/C=C\C/C=C\C/C=C\CCCCCCC(=O)NC(COC1OC(CO)C(O)C(O)C1O)C(O)/C=C/CC/C=C/CC/C=C/CCCCCCCCCCCCC. The molecule has 6 N–H and O–H groups in total. The predicted octanol–water partition coefficient (Wildman–Crippen LogP) is 12.6. The topological polar surface area (TPSA) is 149 Å². The van der Waals surface area contributed by atoms with Crippen molar-refractivity contribution in [1.82, 2.24) is 5.32 Å². The third-order valence-corrected chi connectivity index (χ3v) is 11.8. The van der Waals surface area contributed by atoms with Gasteiger partial charge in [-0.3, -0.25) is 4.79 Å². The van der Waals surface area contributed by atoms with Gasteiger partial charge in [0.15, 0.2) is 6.29 Å². The number of aliphatic hydroxyl groups excluding tert-OH is 5. The maximum Gasteiger partial charge on any atom is 0.220 e. The number of aliphatic hydroxyl groups is 5. The van der Waals surface area contributed by atoms with Gasteiger partial charge < -0.3 is 40.3 Å². The highest BCUT2D eigenvalue weighted by molar-refractivity contribution is 5.76. The van der Waals surface area contributed by atoms with Crippen LogP contribution < -0.4 is 5.32 Å². The third kappa shape index (κ3) is 36.5. The van der Waals surface area contributed by atoms with E-state index in [4.69, 9.17) is 9.47 Å². The number of amides is 1. The zero-order chi connectivity index (χ0) is 48.7. The van der Waals surface area contributed by atoms with Crippen LogP contribution >= 0.6 is 0 Å². The molecule has 67 heavy (non-hydrogen) atoms. The Balaban J connectivity index is 2.36. The summed E-state index contributed by atoms with van der Waals surface area (Å²) in [5.74, 6) is -0.220. The summed E-state index contributed by atoms with van der Waals surface area (Å²) >= 11 is 0. The average Bonchev–Trinajstić information content (AvgIpc) is 3.33. The molecule has 1 amide bonds. The Morgan fingerprint density at radius 1 is 0.522 bits per heavy atom. The van der Waals surface area contributed by atoms with Gasteiger partial charge in [0.05, 0.1) is 25.4 Å². The first-order chi connectivity index (χ1) is 32.8. The van der Waals surface area contributed by atoms with Gasteiger partial charge in [-0.15, -0.1) is 0 Å². The van der Waals surface area contributed by atoms with Crippen LogP contribution in [0, 0.1) is 0 Å². The molecular formula is C58H97NO8. The molecule has 1 rings (SSSR count). The lowest BCUT2D eigenvalue weighted by molar-refractivity contribution is -0.302. The van der Waals surface area contributed by atoms with E-state index >= 15 is 0 Å². The number of hydrogen-bond donors (Lipinski definition) is 6. The minimum absolute atomic E-state index is 0.220. The largest absolute Gasteiger partial charge is 0.394 e.